The Labute approximate surface area is 115 Å². The van der Waals surface area contributed by atoms with Gasteiger partial charge in [0.1, 0.15) is 0 Å². The monoisotopic (exact) mass is 284 g/mol. The van der Waals surface area contributed by atoms with Crippen molar-refractivity contribution in [2.75, 3.05) is 18.8 Å². The SMILES string of the molecule is CC1(C)CCN(C(=O)c2cc(C(=O)O)on2)CCS1. The number of amides is 1. The Morgan fingerprint density at radius 3 is 2.84 bits per heavy atom. The highest BCUT2D eigenvalue weighted by atomic mass is 32.2. The highest BCUT2D eigenvalue weighted by Gasteiger charge is 2.28. The fourth-order valence-corrected chi connectivity index (χ4v) is 2.96. The maximum Gasteiger partial charge on any atom is 0.374 e. The standard InChI is InChI=1S/C12H16N2O4S/c1-12(2)3-4-14(5-6-19-12)10(15)8-7-9(11(16)17)18-13-8/h7H,3-6H2,1-2H3,(H,16,17). The number of nitrogens with zero attached hydrogens (tertiary/aromatic N) is 2. The highest BCUT2D eigenvalue weighted by molar-refractivity contribution is 8.00. The van der Waals surface area contributed by atoms with Crippen molar-refractivity contribution >= 4 is 23.6 Å². The lowest BCUT2D eigenvalue weighted by atomic mass is 10.1. The first kappa shape index (κ1) is 13.9. The van der Waals surface area contributed by atoms with Crippen LogP contribution in [0.5, 0.6) is 0 Å². The maximum absolute atomic E-state index is 12.2. The van der Waals surface area contributed by atoms with Gasteiger partial charge in [-0.3, -0.25) is 4.79 Å². The van der Waals surface area contributed by atoms with Crippen LogP contribution in [0, 0.1) is 0 Å². The van der Waals surface area contributed by atoms with Crippen LogP contribution in [0.1, 0.15) is 41.3 Å². The molecular weight excluding hydrogens is 268 g/mol. The number of aromatic carboxylic acids is 1. The van der Waals surface area contributed by atoms with E-state index < -0.39 is 5.97 Å². The lowest BCUT2D eigenvalue weighted by Crippen LogP contribution is -2.33. The molecule has 1 aromatic rings. The minimum Gasteiger partial charge on any atom is -0.475 e. The Hall–Kier alpha value is -1.50. The van der Waals surface area contributed by atoms with Gasteiger partial charge in [-0.05, 0) is 6.42 Å². The normalized spacial score (nSPS) is 18.9. The second-order valence-corrected chi connectivity index (χ2v) is 6.83. The maximum atomic E-state index is 12.2. The predicted molar refractivity (Wildman–Crippen MR) is 70.5 cm³/mol. The number of rotatable bonds is 2. The third-order valence-corrected chi connectivity index (χ3v) is 4.44. The van der Waals surface area contributed by atoms with Crippen molar-refractivity contribution in [3.05, 3.63) is 17.5 Å². The van der Waals surface area contributed by atoms with Crippen molar-refractivity contribution in [3.8, 4) is 0 Å². The van der Waals surface area contributed by atoms with Gasteiger partial charge in [-0.1, -0.05) is 19.0 Å². The summed E-state index contributed by atoms with van der Waals surface area (Å²) in [6, 6.07) is 1.17. The van der Waals surface area contributed by atoms with Crippen LogP contribution in [-0.2, 0) is 0 Å². The van der Waals surface area contributed by atoms with Crippen LogP contribution in [0.3, 0.4) is 0 Å². The third-order valence-electron chi connectivity index (χ3n) is 3.07. The van der Waals surface area contributed by atoms with Crippen LogP contribution in [0.15, 0.2) is 10.6 Å². The van der Waals surface area contributed by atoms with Gasteiger partial charge in [0.15, 0.2) is 5.69 Å². The number of carboxylic acid groups (broad SMARTS) is 1. The van der Waals surface area contributed by atoms with Crippen LogP contribution in [0.25, 0.3) is 0 Å². The Balaban J connectivity index is 2.08. The summed E-state index contributed by atoms with van der Waals surface area (Å²) in [6.07, 6.45) is 0.896. The van der Waals surface area contributed by atoms with Crippen molar-refractivity contribution in [1.82, 2.24) is 10.1 Å². The molecule has 1 fully saturated rings. The average molecular weight is 284 g/mol. The quantitative estimate of drug-likeness (QED) is 0.890. The largest absolute Gasteiger partial charge is 0.475 e. The summed E-state index contributed by atoms with van der Waals surface area (Å²) in [5, 5.41) is 12.3. The number of thioether (sulfide) groups is 1. The van der Waals surface area contributed by atoms with Crippen LogP contribution in [0.2, 0.25) is 0 Å². The zero-order valence-corrected chi connectivity index (χ0v) is 11.7. The second kappa shape index (κ2) is 5.24. The van der Waals surface area contributed by atoms with E-state index in [1.54, 1.807) is 4.90 Å². The third kappa shape index (κ3) is 3.28. The number of carbonyl (C=O) groups excluding carboxylic acids is 1. The van der Waals surface area contributed by atoms with E-state index in [1.165, 1.54) is 6.07 Å². The summed E-state index contributed by atoms with van der Waals surface area (Å²) in [5.41, 5.74) is 0.0575. The fraction of sp³-hybridized carbons (Fsp3) is 0.583. The van der Waals surface area contributed by atoms with E-state index in [-0.39, 0.29) is 22.1 Å². The van der Waals surface area contributed by atoms with E-state index in [1.807, 2.05) is 11.8 Å². The van der Waals surface area contributed by atoms with E-state index >= 15 is 0 Å². The van der Waals surface area contributed by atoms with E-state index in [0.29, 0.717) is 13.1 Å². The molecule has 0 atom stereocenters. The molecule has 0 saturated carbocycles. The highest BCUT2D eigenvalue weighted by Crippen LogP contribution is 2.30. The second-order valence-electron chi connectivity index (χ2n) is 5.03. The first-order valence-corrected chi connectivity index (χ1v) is 7.01. The first-order chi connectivity index (χ1) is 8.89. The van der Waals surface area contributed by atoms with Crippen LogP contribution in [-0.4, -0.2) is 50.6 Å². The molecule has 0 aromatic carbocycles. The summed E-state index contributed by atoms with van der Waals surface area (Å²) in [6.45, 7) is 5.60. The van der Waals surface area contributed by atoms with Gasteiger partial charge in [-0.15, -0.1) is 0 Å². The van der Waals surface area contributed by atoms with Crippen molar-refractivity contribution in [2.45, 2.75) is 25.0 Å². The Kier molecular flexibility index (Phi) is 3.84. The molecule has 0 unspecified atom stereocenters. The summed E-state index contributed by atoms with van der Waals surface area (Å²) in [4.78, 5) is 24.6. The van der Waals surface area contributed by atoms with Gasteiger partial charge >= 0.3 is 5.97 Å². The van der Waals surface area contributed by atoms with Crippen molar-refractivity contribution in [1.29, 1.82) is 0 Å². The van der Waals surface area contributed by atoms with Gasteiger partial charge < -0.3 is 14.5 Å². The van der Waals surface area contributed by atoms with E-state index in [4.69, 9.17) is 5.11 Å². The molecule has 7 heteroatoms. The summed E-state index contributed by atoms with van der Waals surface area (Å²) >= 11 is 1.84. The van der Waals surface area contributed by atoms with Crippen molar-refractivity contribution in [3.63, 3.8) is 0 Å². The van der Waals surface area contributed by atoms with E-state index in [2.05, 4.69) is 23.5 Å². The average Bonchev–Trinajstić information content (AvgIpc) is 2.75. The van der Waals surface area contributed by atoms with Gasteiger partial charge in [-0.2, -0.15) is 11.8 Å². The minimum absolute atomic E-state index is 0.0575. The molecule has 1 aliphatic rings. The number of carboxylic acids is 1. The zero-order chi connectivity index (χ0) is 14.0. The topological polar surface area (TPSA) is 83.6 Å². The van der Waals surface area contributed by atoms with Gasteiger partial charge in [0.2, 0.25) is 5.76 Å². The van der Waals surface area contributed by atoms with Gasteiger partial charge in [-0.25, -0.2) is 4.79 Å². The fourth-order valence-electron chi connectivity index (χ4n) is 1.86. The molecule has 6 nitrogen and oxygen atoms in total. The number of aromatic nitrogens is 1. The Bertz CT molecular complexity index is 498. The molecule has 0 bridgehead atoms. The molecule has 2 rings (SSSR count). The number of hydrogen-bond donors (Lipinski definition) is 1. The molecular formula is C12H16N2O4S. The number of carbonyl (C=O) groups is 2. The summed E-state index contributed by atoms with van der Waals surface area (Å²) in [5.74, 6) is -0.941. The lowest BCUT2D eigenvalue weighted by molar-refractivity contribution is 0.0648. The van der Waals surface area contributed by atoms with Crippen LogP contribution < -0.4 is 0 Å². The molecule has 2 heterocycles. The summed E-state index contributed by atoms with van der Waals surface area (Å²) in [7, 11) is 0. The molecule has 19 heavy (non-hydrogen) atoms. The predicted octanol–water partition coefficient (Wildman–Crippen LogP) is 1.73. The van der Waals surface area contributed by atoms with Gasteiger partial charge in [0.05, 0.1) is 0 Å². The Morgan fingerprint density at radius 1 is 1.47 bits per heavy atom. The minimum atomic E-state index is -1.22. The molecule has 1 saturated heterocycles. The zero-order valence-electron chi connectivity index (χ0n) is 10.9. The van der Waals surface area contributed by atoms with Gasteiger partial charge in [0, 0.05) is 29.7 Å². The first-order valence-electron chi connectivity index (χ1n) is 6.02. The molecule has 1 aliphatic heterocycles. The summed E-state index contributed by atoms with van der Waals surface area (Å²) < 4.78 is 4.77. The number of hydrogen-bond acceptors (Lipinski definition) is 5. The lowest BCUT2D eigenvalue weighted by Gasteiger charge is -2.22. The molecule has 1 amide bonds. The molecule has 104 valence electrons. The molecule has 0 spiro atoms. The van der Waals surface area contributed by atoms with Gasteiger partial charge in [0.25, 0.3) is 5.91 Å². The van der Waals surface area contributed by atoms with Crippen LogP contribution in [0.4, 0.5) is 0 Å². The van der Waals surface area contributed by atoms with E-state index in [9.17, 15) is 9.59 Å². The van der Waals surface area contributed by atoms with Crippen LogP contribution >= 0.6 is 11.8 Å². The molecule has 0 aliphatic carbocycles. The molecule has 1 aromatic heterocycles. The van der Waals surface area contributed by atoms with Crippen molar-refractivity contribution in [2.24, 2.45) is 0 Å². The smallest absolute Gasteiger partial charge is 0.374 e. The Morgan fingerprint density at radius 2 is 2.21 bits per heavy atom. The van der Waals surface area contributed by atoms with E-state index in [0.717, 1.165) is 12.2 Å². The molecule has 0 radical (unpaired) electrons. The molecule has 1 N–H and O–H groups in total. The van der Waals surface area contributed by atoms with Crippen molar-refractivity contribution < 1.29 is 19.2 Å².